The first-order valence-electron chi connectivity index (χ1n) is 9.01. The highest BCUT2D eigenvalue weighted by molar-refractivity contribution is 6.30. The van der Waals surface area contributed by atoms with Crippen LogP contribution >= 0.6 is 11.6 Å². The number of halogens is 1. The molecule has 0 fully saturated rings. The maximum atomic E-state index is 6.16. The van der Waals surface area contributed by atoms with Crippen molar-refractivity contribution in [1.82, 2.24) is 9.97 Å². The minimum atomic E-state index is 0.457. The fraction of sp³-hybridized carbons (Fsp3) is 0.130. The van der Waals surface area contributed by atoms with E-state index >= 15 is 0 Å². The molecule has 4 rings (SSSR count). The summed E-state index contributed by atoms with van der Waals surface area (Å²) >= 11 is 6.16. The molecule has 146 valence electrons. The highest BCUT2D eigenvalue weighted by Crippen LogP contribution is 2.35. The van der Waals surface area contributed by atoms with E-state index in [0.29, 0.717) is 33.8 Å². The van der Waals surface area contributed by atoms with Gasteiger partial charge < -0.3 is 14.2 Å². The van der Waals surface area contributed by atoms with Gasteiger partial charge in [0, 0.05) is 33.8 Å². The van der Waals surface area contributed by atoms with Gasteiger partial charge in [0.15, 0.2) is 17.2 Å². The number of aromatic nitrogens is 2. The van der Waals surface area contributed by atoms with Gasteiger partial charge in [-0.2, -0.15) is 0 Å². The van der Waals surface area contributed by atoms with Crippen LogP contribution in [0.3, 0.4) is 0 Å². The standard InChI is InChI=1S/C23H19ClN2O3/c1-14-7-9-19(23(25-14)16-5-4-6-17(24)11-16)29-22-10-8-15-12-20(27-2)21(28-3)13-18(15)26-22/h4-13H,1-3H3. The average Bonchev–Trinajstić information content (AvgIpc) is 2.74. The number of nitrogens with zero attached hydrogens (tertiary/aromatic N) is 2. The second-order valence-electron chi connectivity index (χ2n) is 6.46. The fourth-order valence-corrected chi connectivity index (χ4v) is 3.26. The predicted octanol–water partition coefficient (Wildman–Crippen LogP) is 6.07. The van der Waals surface area contributed by atoms with E-state index in [1.54, 1.807) is 14.2 Å². The highest BCUT2D eigenvalue weighted by atomic mass is 35.5. The first-order valence-corrected chi connectivity index (χ1v) is 9.39. The number of benzene rings is 2. The van der Waals surface area contributed by atoms with Crippen molar-refractivity contribution < 1.29 is 14.2 Å². The van der Waals surface area contributed by atoms with Gasteiger partial charge in [-0.05, 0) is 43.3 Å². The zero-order valence-electron chi connectivity index (χ0n) is 16.3. The molecule has 0 aliphatic heterocycles. The molecule has 5 nitrogen and oxygen atoms in total. The molecular formula is C23H19ClN2O3. The van der Waals surface area contributed by atoms with E-state index in [-0.39, 0.29) is 0 Å². The lowest BCUT2D eigenvalue weighted by Crippen LogP contribution is -1.96. The largest absolute Gasteiger partial charge is 0.493 e. The van der Waals surface area contributed by atoms with Crippen LogP contribution in [0.25, 0.3) is 22.2 Å². The Morgan fingerprint density at radius 3 is 2.34 bits per heavy atom. The maximum absolute atomic E-state index is 6.16. The molecule has 0 amide bonds. The van der Waals surface area contributed by atoms with E-state index < -0.39 is 0 Å². The van der Waals surface area contributed by atoms with Crippen molar-refractivity contribution in [3.8, 4) is 34.4 Å². The van der Waals surface area contributed by atoms with Crippen molar-refractivity contribution in [1.29, 1.82) is 0 Å². The predicted molar refractivity (Wildman–Crippen MR) is 114 cm³/mol. The van der Waals surface area contributed by atoms with Gasteiger partial charge in [-0.25, -0.2) is 9.97 Å². The number of hydrogen-bond acceptors (Lipinski definition) is 5. The Morgan fingerprint density at radius 2 is 1.59 bits per heavy atom. The van der Waals surface area contributed by atoms with Crippen LogP contribution in [-0.4, -0.2) is 24.2 Å². The van der Waals surface area contributed by atoms with Crippen molar-refractivity contribution in [3.63, 3.8) is 0 Å². The van der Waals surface area contributed by atoms with Gasteiger partial charge in [-0.15, -0.1) is 0 Å². The Morgan fingerprint density at radius 1 is 0.793 bits per heavy atom. The molecule has 0 radical (unpaired) electrons. The molecule has 0 spiro atoms. The summed E-state index contributed by atoms with van der Waals surface area (Å²) in [7, 11) is 3.20. The van der Waals surface area contributed by atoms with Gasteiger partial charge in [-0.1, -0.05) is 23.7 Å². The van der Waals surface area contributed by atoms with Crippen LogP contribution in [0.1, 0.15) is 5.69 Å². The lowest BCUT2D eigenvalue weighted by Gasteiger charge is -2.12. The van der Waals surface area contributed by atoms with Gasteiger partial charge >= 0.3 is 0 Å². The quantitative estimate of drug-likeness (QED) is 0.402. The summed E-state index contributed by atoms with van der Waals surface area (Å²) in [6.07, 6.45) is 0. The first kappa shape index (κ1) is 19.0. The number of aryl methyl sites for hydroxylation is 1. The van der Waals surface area contributed by atoms with Crippen LogP contribution in [0.4, 0.5) is 0 Å². The van der Waals surface area contributed by atoms with E-state index in [4.69, 9.17) is 25.8 Å². The molecule has 2 aromatic carbocycles. The molecule has 6 heteroatoms. The van der Waals surface area contributed by atoms with E-state index in [2.05, 4.69) is 9.97 Å². The Kier molecular flexibility index (Phi) is 5.23. The Bertz CT molecular complexity index is 1190. The smallest absolute Gasteiger partial charge is 0.219 e. The van der Waals surface area contributed by atoms with Crippen molar-refractivity contribution in [2.45, 2.75) is 6.92 Å². The zero-order chi connectivity index (χ0) is 20.4. The molecular weight excluding hydrogens is 388 g/mol. The van der Waals surface area contributed by atoms with Crippen LogP contribution < -0.4 is 14.2 Å². The molecule has 0 aliphatic rings. The molecule has 4 aromatic rings. The van der Waals surface area contributed by atoms with Gasteiger partial charge in [0.25, 0.3) is 0 Å². The van der Waals surface area contributed by atoms with Crippen LogP contribution in [0, 0.1) is 6.92 Å². The van der Waals surface area contributed by atoms with Crippen LogP contribution in [-0.2, 0) is 0 Å². The second-order valence-corrected chi connectivity index (χ2v) is 6.90. The SMILES string of the molecule is COc1cc2ccc(Oc3ccc(C)nc3-c3cccc(Cl)c3)nc2cc1OC. The summed E-state index contributed by atoms with van der Waals surface area (Å²) in [6, 6.07) is 18.8. The molecule has 29 heavy (non-hydrogen) atoms. The maximum Gasteiger partial charge on any atom is 0.219 e. The van der Waals surface area contributed by atoms with E-state index in [9.17, 15) is 0 Å². The molecule has 0 saturated carbocycles. The summed E-state index contributed by atoms with van der Waals surface area (Å²) in [5, 5.41) is 1.56. The first-order chi connectivity index (χ1) is 14.1. The van der Waals surface area contributed by atoms with Gasteiger partial charge in [0.05, 0.1) is 19.7 Å². The van der Waals surface area contributed by atoms with E-state index in [1.807, 2.05) is 67.6 Å². The number of rotatable bonds is 5. The molecule has 0 atom stereocenters. The number of methoxy groups -OCH3 is 2. The third-order valence-electron chi connectivity index (χ3n) is 4.48. The van der Waals surface area contributed by atoms with Gasteiger partial charge in [0.2, 0.25) is 5.88 Å². The number of ether oxygens (including phenoxy) is 3. The fourth-order valence-electron chi connectivity index (χ4n) is 3.07. The Labute approximate surface area is 173 Å². The Balaban J connectivity index is 1.75. The van der Waals surface area contributed by atoms with Crippen LogP contribution in [0.2, 0.25) is 5.02 Å². The van der Waals surface area contributed by atoms with Crippen molar-refractivity contribution in [3.05, 3.63) is 71.4 Å². The molecule has 0 N–H and O–H groups in total. The van der Waals surface area contributed by atoms with E-state index in [1.165, 1.54) is 0 Å². The zero-order valence-corrected chi connectivity index (χ0v) is 17.0. The summed E-state index contributed by atoms with van der Waals surface area (Å²) in [4.78, 5) is 9.26. The number of fused-ring (bicyclic) bond motifs is 1. The van der Waals surface area contributed by atoms with Crippen molar-refractivity contribution >= 4 is 22.5 Å². The van der Waals surface area contributed by atoms with Crippen LogP contribution in [0.5, 0.6) is 23.1 Å². The third-order valence-corrected chi connectivity index (χ3v) is 4.71. The van der Waals surface area contributed by atoms with E-state index in [0.717, 1.165) is 22.2 Å². The molecule has 0 saturated heterocycles. The molecule has 0 aliphatic carbocycles. The Hall–Kier alpha value is -3.31. The monoisotopic (exact) mass is 406 g/mol. The van der Waals surface area contributed by atoms with Gasteiger partial charge in [-0.3, -0.25) is 0 Å². The minimum Gasteiger partial charge on any atom is -0.493 e. The third kappa shape index (κ3) is 3.96. The molecule has 2 heterocycles. The summed E-state index contributed by atoms with van der Waals surface area (Å²) in [6.45, 7) is 1.94. The van der Waals surface area contributed by atoms with Crippen molar-refractivity contribution in [2.24, 2.45) is 0 Å². The molecule has 0 bridgehead atoms. The minimum absolute atomic E-state index is 0.457. The normalized spacial score (nSPS) is 10.8. The summed E-state index contributed by atoms with van der Waals surface area (Å²) < 4.78 is 16.8. The molecule has 2 aromatic heterocycles. The topological polar surface area (TPSA) is 53.5 Å². The lowest BCUT2D eigenvalue weighted by molar-refractivity contribution is 0.355. The van der Waals surface area contributed by atoms with Crippen molar-refractivity contribution in [2.75, 3.05) is 14.2 Å². The van der Waals surface area contributed by atoms with Crippen LogP contribution in [0.15, 0.2) is 60.7 Å². The number of pyridine rings is 2. The highest BCUT2D eigenvalue weighted by Gasteiger charge is 2.13. The second kappa shape index (κ2) is 7.97. The lowest BCUT2D eigenvalue weighted by atomic mass is 10.1. The average molecular weight is 407 g/mol. The number of hydrogen-bond donors (Lipinski definition) is 0. The molecule has 0 unspecified atom stereocenters. The summed E-state index contributed by atoms with van der Waals surface area (Å²) in [5.74, 6) is 2.33. The van der Waals surface area contributed by atoms with Gasteiger partial charge in [0.1, 0.15) is 5.69 Å². The summed E-state index contributed by atoms with van der Waals surface area (Å²) in [5.41, 5.74) is 3.21.